The lowest BCUT2D eigenvalue weighted by Gasteiger charge is -2.25. The van der Waals surface area contributed by atoms with E-state index < -0.39 is 0 Å². The zero-order valence-corrected chi connectivity index (χ0v) is 18.7. The van der Waals surface area contributed by atoms with Crippen LogP contribution in [0.2, 0.25) is 0 Å². The molecule has 3 aromatic heterocycles. The van der Waals surface area contributed by atoms with Crippen LogP contribution in [0.3, 0.4) is 0 Å². The van der Waals surface area contributed by atoms with Gasteiger partial charge in [0.25, 0.3) is 0 Å². The molecule has 4 heterocycles. The van der Waals surface area contributed by atoms with Gasteiger partial charge >= 0.3 is 0 Å². The van der Waals surface area contributed by atoms with Crippen LogP contribution in [0.15, 0.2) is 24.5 Å². The van der Waals surface area contributed by atoms with E-state index in [4.69, 9.17) is 14.7 Å². The fourth-order valence-corrected chi connectivity index (χ4v) is 5.64. The number of morpholine rings is 1. The van der Waals surface area contributed by atoms with E-state index in [1.54, 1.807) is 0 Å². The number of thiophene rings is 1. The highest BCUT2D eigenvalue weighted by atomic mass is 32.1. The molecule has 1 aliphatic heterocycles. The first-order valence-corrected chi connectivity index (χ1v) is 12.2. The summed E-state index contributed by atoms with van der Waals surface area (Å²) in [6, 6.07) is 3.99. The van der Waals surface area contributed by atoms with Crippen LogP contribution in [0.25, 0.3) is 10.2 Å². The molecule has 1 aliphatic carbocycles. The number of hydrogen-bond donors (Lipinski definition) is 2. The quantitative estimate of drug-likeness (QED) is 0.519. The lowest BCUT2D eigenvalue weighted by atomic mass is 9.97. The number of pyridine rings is 1. The van der Waals surface area contributed by atoms with Crippen molar-refractivity contribution in [3.05, 3.63) is 40.8 Å². The Morgan fingerprint density at radius 1 is 1.00 bits per heavy atom. The average Bonchev–Trinajstić information content (AvgIpc) is 3.19. The Kier molecular flexibility index (Phi) is 6.57. The Hall–Kier alpha value is -2.29. The van der Waals surface area contributed by atoms with E-state index in [0.29, 0.717) is 0 Å². The summed E-state index contributed by atoms with van der Waals surface area (Å²) in [7, 11) is 0. The van der Waals surface area contributed by atoms with Gasteiger partial charge in [0.05, 0.1) is 25.1 Å². The third-order valence-corrected chi connectivity index (χ3v) is 7.17. The molecule has 1 saturated heterocycles. The molecule has 1 fully saturated rings. The molecule has 3 aromatic rings. The molecule has 0 radical (unpaired) electrons. The Morgan fingerprint density at radius 3 is 2.68 bits per heavy atom. The van der Waals surface area contributed by atoms with Gasteiger partial charge in [0, 0.05) is 49.1 Å². The number of rotatable bonds is 8. The molecule has 8 heteroatoms. The lowest BCUT2D eigenvalue weighted by molar-refractivity contribution is 0.0331. The molecule has 164 valence electrons. The van der Waals surface area contributed by atoms with Gasteiger partial charge in [-0.3, -0.25) is 9.88 Å². The zero-order valence-electron chi connectivity index (χ0n) is 17.9. The molecule has 0 amide bonds. The summed E-state index contributed by atoms with van der Waals surface area (Å²) < 4.78 is 5.49. The van der Waals surface area contributed by atoms with E-state index in [0.717, 1.165) is 80.9 Å². The Bertz CT molecular complexity index is 1000. The number of aromatic nitrogens is 3. The maximum atomic E-state index is 5.49. The van der Waals surface area contributed by atoms with Gasteiger partial charge < -0.3 is 15.4 Å². The summed E-state index contributed by atoms with van der Waals surface area (Å²) in [5, 5.41) is 8.37. The number of fused-ring (bicyclic) bond motifs is 3. The number of nitrogens with zero attached hydrogens (tertiary/aromatic N) is 4. The summed E-state index contributed by atoms with van der Waals surface area (Å²) in [5.41, 5.74) is 2.60. The lowest BCUT2D eigenvalue weighted by Crippen LogP contribution is -2.36. The van der Waals surface area contributed by atoms with E-state index in [9.17, 15) is 0 Å². The summed E-state index contributed by atoms with van der Waals surface area (Å²) in [5.74, 6) is 1.95. The third-order valence-electron chi connectivity index (χ3n) is 5.99. The van der Waals surface area contributed by atoms with Crippen LogP contribution in [0.5, 0.6) is 0 Å². The second-order valence-corrected chi connectivity index (χ2v) is 9.29. The van der Waals surface area contributed by atoms with Gasteiger partial charge in [-0.25, -0.2) is 9.97 Å². The zero-order chi connectivity index (χ0) is 20.9. The van der Waals surface area contributed by atoms with Crippen LogP contribution in [-0.2, 0) is 24.1 Å². The van der Waals surface area contributed by atoms with Crippen LogP contribution >= 0.6 is 11.3 Å². The molecule has 5 rings (SSSR count). The summed E-state index contributed by atoms with van der Waals surface area (Å²) in [6.07, 6.45) is 9.53. The molecule has 0 saturated carbocycles. The van der Waals surface area contributed by atoms with Gasteiger partial charge in [0.15, 0.2) is 0 Å². The van der Waals surface area contributed by atoms with Gasteiger partial charge in [-0.1, -0.05) is 0 Å². The molecule has 2 N–H and O–H groups in total. The second kappa shape index (κ2) is 9.89. The summed E-state index contributed by atoms with van der Waals surface area (Å²) in [4.78, 5) is 19.1. The van der Waals surface area contributed by atoms with Crippen molar-refractivity contribution in [3.63, 3.8) is 0 Å². The number of aryl methyl sites for hydroxylation is 2. The molecule has 2 aliphatic rings. The van der Waals surface area contributed by atoms with E-state index in [1.807, 2.05) is 35.9 Å². The Morgan fingerprint density at radius 2 is 1.81 bits per heavy atom. The molecule has 0 unspecified atom stereocenters. The Balaban J connectivity index is 1.31. The number of hydrogen-bond acceptors (Lipinski definition) is 8. The minimum Gasteiger partial charge on any atom is -0.385 e. The van der Waals surface area contributed by atoms with Crippen LogP contribution in [0.4, 0.5) is 11.5 Å². The van der Waals surface area contributed by atoms with Gasteiger partial charge in [-0.2, -0.15) is 0 Å². The topological polar surface area (TPSA) is 75.2 Å². The highest BCUT2D eigenvalue weighted by Crippen LogP contribution is 2.38. The SMILES string of the molecule is c1cc(NCCCNc2nc(CN3CCOCC3)nc3sc4c(c23)CCCC4)ccn1. The highest BCUT2D eigenvalue weighted by molar-refractivity contribution is 7.19. The molecule has 0 spiro atoms. The van der Waals surface area contributed by atoms with Gasteiger partial charge in [-0.05, 0) is 49.8 Å². The second-order valence-electron chi connectivity index (χ2n) is 8.21. The predicted molar refractivity (Wildman–Crippen MR) is 126 cm³/mol. The summed E-state index contributed by atoms with van der Waals surface area (Å²) in [6.45, 7) is 6.08. The van der Waals surface area contributed by atoms with E-state index in [-0.39, 0.29) is 0 Å². The smallest absolute Gasteiger partial charge is 0.146 e. The maximum absolute atomic E-state index is 5.49. The number of ether oxygens (including phenoxy) is 1. The molecule has 0 atom stereocenters. The normalized spacial score (nSPS) is 16.9. The molecule has 31 heavy (non-hydrogen) atoms. The van der Waals surface area contributed by atoms with Crippen LogP contribution in [0.1, 0.15) is 35.5 Å². The van der Waals surface area contributed by atoms with Crippen LogP contribution in [0, 0.1) is 0 Å². The Labute approximate surface area is 187 Å². The van der Waals surface area contributed by atoms with Crippen molar-refractivity contribution in [2.24, 2.45) is 0 Å². The third kappa shape index (κ3) is 4.97. The first kappa shape index (κ1) is 20.6. The van der Waals surface area contributed by atoms with E-state index in [1.165, 1.54) is 35.1 Å². The standard InChI is InChI=1S/C23H30N6OS/c1-2-5-19-18(4-1)21-22(26-9-3-8-25-17-6-10-24-11-7-17)27-20(28-23(21)31-19)16-29-12-14-30-15-13-29/h6-7,10-11H,1-5,8-9,12-16H2,(H,24,25)(H,26,27,28). The largest absolute Gasteiger partial charge is 0.385 e. The number of nitrogens with one attached hydrogen (secondary N) is 2. The molecular formula is C23H30N6OS. The number of anilines is 2. The molecule has 0 bridgehead atoms. The van der Waals surface area contributed by atoms with E-state index in [2.05, 4.69) is 20.5 Å². The fourth-order valence-electron chi connectivity index (χ4n) is 4.36. The van der Waals surface area contributed by atoms with Crippen molar-refractivity contribution in [1.82, 2.24) is 19.9 Å². The predicted octanol–water partition coefficient (Wildman–Crippen LogP) is 3.71. The van der Waals surface area contributed by atoms with Crippen LogP contribution in [-0.4, -0.2) is 59.2 Å². The summed E-state index contributed by atoms with van der Waals surface area (Å²) >= 11 is 1.88. The van der Waals surface area contributed by atoms with E-state index >= 15 is 0 Å². The first-order valence-electron chi connectivity index (χ1n) is 11.4. The molecular weight excluding hydrogens is 408 g/mol. The first-order chi connectivity index (χ1) is 15.4. The van der Waals surface area contributed by atoms with Gasteiger partial charge in [0.2, 0.25) is 0 Å². The van der Waals surface area contributed by atoms with Crippen LogP contribution < -0.4 is 10.6 Å². The van der Waals surface area contributed by atoms with Crippen molar-refractivity contribution in [1.29, 1.82) is 0 Å². The maximum Gasteiger partial charge on any atom is 0.146 e. The van der Waals surface area contributed by atoms with Crippen molar-refractivity contribution in [2.75, 3.05) is 50.0 Å². The highest BCUT2D eigenvalue weighted by Gasteiger charge is 2.22. The molecule has 7 nitrogen and oxygen atoms in total. The fraction of sp³-hybridized carbons (Fsp3) is 0.522. The van der Waals surface area contributed by atoms with Gasteiger partial charge in [-0.15, -0.1) is 11.3 Å². The van der Waals surface area contributed by atoms with Crippen molar-refractivity contribution in [3.8, 4) is 0 Å². The minimum absolute atomic E-state index is 0.792. The molecule has 0 aromatic carbocycles. The van der Waals surface area contributed by atoms with Gasteiger partial charge in [0.1, 0.15) is 16.5 Å². The minimum atomic E-state index is 0.792. The van der Waals surface area contributed by atoms with Crippen molar-refractivity contribution >= 4 is 33.1 Å². The van der Waals surface area contributed by atoms with Crippen molar-refractivity contribution in [2.45, 2.75) is 38.6 Å². The monoisotopic (exact) mass is 438 g/mol. The average molecular weight is 439 g/mol. The van der Waals surface area contributed by atoms with Crippen molar-refractivity contribution < 1.29 is 4.74 Å².